The summed E-state index contributed by atoms with van der Waals surface area (Å²) >= 11 is 3.39. The van der Waals surface area contributed by atoms with E-state index < -0.39 is 0 Å². The van der Waals surface area contributed by atoms with Crippen molar-refractivity contribution in [1.82, 2.24) is 14.7 Å². The molecule has 2 aliphatic rings. The van der Waals surface area contributed by atoms with Crippen LogP contribution in [0.5, 0.6) is 0 Å². The van der Waals surface area contributed by atoms with Gasteiger partial charge in [-0.05, 0) is 26.4 Å². The predicted molar refractivity (Wildman–Crippen MR) is 76.7 cm³/mol. The largest absolute Gasteiger partial charge is 0.339 e. The number of amides is 1. The smallest absolute Gasteiger partial charge is 0.240 e. The second-order valence-corrected chi connectivity index (χ2v) is 6.38. The third-order valence-electron chi connectivity index (χ3n) is 3.88. The Balaban J connectivity index is 1.82. The van der Waals surface area contributed by atoms with Gasteiger partial charge in [0.25, 0.3) is 0 Å². The minimum atomic E-state index is 0.127. The van der Waals surface area contributed by atoms with Gasteiger partial charge in [-0.3, -0.25) is 14.6 Å². The highest BCUT2D eigenvalue weighted by molar-refractivity contribution is 9.11. The van der Waals surface area contributed by atoms with E-state index in [1.165, 1.54) is 0 Å². The number of hydrogen-bond acceptors (Lipinski definition) is 3. The van der Waals surface area contributed by atoms with Gasteiger partial charge in [0.2, 0.25) is 5.91 Å². The molecule has 0 unspecified atom stereocenters. The second-order valence-electron chi connectivity index (χ2n) is 5.26. The number of likely N-dealkylation sites (tertiary alicyclic amines) is 1. The van der Waals surface area contributed by atoms with E-state index in [0.717, 1.165) is 56.6 Å². The van der Waals surface area contributed by atoms with Gasteiger partial charge in [-0.25, -0.2) is 0 Å². The summed E-state index contributed by atoms with van der Waals surface area (Å²) in [6.07, 6.45) is 2.17. The molecule has 1 atom stereocenters. The molecule has 0 spiro atoms. The van der Waals surface area contributed by atoms with Crippen molar-refractivity contribution in [1.29, 1.82) is 0 Å². The maximum Gasteiger partial charge on any atom is 0.240 e. The number of nitrogens with zero attached hydrogens (tertiary/aromatic N) is 3. The molecule has 2 aliphatic heterocycles. The Kier molecular flexibility index (Phi) is 4.81. The number of rotatable bonds is 3. The van der Waals surface area contributed by atoms with Crippen molar-refractivity contribution in [2.24, 2.45) is 0 Å². The molecule has 18 heavy (non-hydrogen) atoms. The van der Waals surface area contributed by atoms with E-state index in [-0.39, 0.29) is 6.04 Å². The van der Waals surface area contributed by atoms with Gasteiger partial charge >= 0.3 is 0 Å². The molecule has 5 heteroatoms. The van der Waals surface area contributed by atoms with E-state index in [0.29, 0.717) is 5.91 Å². The van der Waals surface area contributed by atoms with Crippen molar-refractivity contribution in [3.8, 4) is 0 Å². The molecule has 2 rings (SSSR count). The zero-order chi connectivity index (χ0) is 13.1. The van der Waals surface area contributed by atoms with Crippen molar-refractivity contribution in [2.75, 3.05) is 46.3 Å². The monoisotopic (exact) mass is 315 g/mol. The molecule has 2 fully saturated rings. The number of hydrogen-bond donors (Lipinski definition) is 0. The normalized spacial score (nSPS) is 26.6. The van der Waals surface area contributed by atoms with Crippen LogP contribution in [-0.2, 0) is 4.79 Å². The molecule has 4 nitrogen and oxygen atoms in total. The first kappa shape index (κ1) is 14.0. The van der Waals surface area contributed by atoms with Crippen LogP contribution in [0, 0.1) is 0 Å². The molecule has 102 valence electrons. The van der Waals surface area contributed by atoms with E-state index in [4.69, 9.17) is 0 Å². The fourth-order valence-electron chi connectivity index (χ4n) is 2.80. The summed E-state index contributed by atoms with van der Waals surface area (Å²) in [6.45, 7) is 9.40. The zero-order valence-corrected chi connectivity index (χ0v) is 12.7. The molecule has 0 N–H and O–H groups in total. The minimum Gasteiger partial charge on any atom is -0.339 e. The topological polar surface area (TPSA) is 26.8 Å². The van der Waals surface area contributed by atoms with E-state index in [9.17, 15) is 4.79 Å². The van der Waals surface area contributed by atoms with Crippen molar-refractivity contribution in [2.45, 2.75) is 18.9 Å². The third kappa shape index (κ3) is 3.33. The Labute approximate surface area is 118 Å². The van der Waals surface area contributed by atoms with Gasteiger partial charge in [-0.2, -0.15) is 0 Å². The molecule has 0 aromatic rings. The van der Waals surface area contributed by atoms with Gasteiger partial charge in [-0.1, -0.05) is 22.5 Å². The lowest BCUT2D eigenvalue weighted by Gasteiger charge is -2.36. The van der Waals surface area contributed by atoms with Crippen molar-refractivity contribution in [3.63, 3.8) is 0 Å². The van der Waals surface area contributed by atoms with Crippen molar-refractivity contribution >= 4 is 21.8 Å². The van der Waals surface area contributed by atoms with Crippen LogP contribution in [0.3, 0.4) is 0 Å². The molecular formula is C13H22BrN3O. The molecule has 0 aromatic heterocycles. The SMILES string of the molecule is C=C(Br)CN1CCN(C(=O)[C@H]2CCCN2C)CC1. The molecule has 0 radical (unpaired) electrons. The first-order valence-corrected chi connectivity index (χ1v) is 7.42. The van der Waals surface area contributed by atoms with E-state index in [2.05, 4.69) is 39.4 Å². The zero-order valence-electron chi connectivity index (χ0n) is 11.1. The highest BCUT2D eigenvalue weighted by Gasteiger charge is 2.32. The quantitative estimate of drug-likeness (QED) is 0.781. The molecule has 0 aliphatic carbocycles. The molecule has 1 amide bonds. The fraction of sp³-hybridized carbons (Fsp3) is 0.769. The number of piperazine rings is 1. The first-order valence-electron chi connectivity index (χ1n) is 6.62. The Morgan fingerprint density at radius 1 is 1.28 bits per heavy atom. The Morgan fingerprint density at radius 3 is 2.44 bits per heavy atom. The highest BCUT2D eigenvalue weighted by atomic mass is 79.9. The fourth-order valence-corrected chi connectivity index (χ4v) is 3.16. The molecule has 0 saturated carbocycles. The number of likely N-dealkylation sites (N-methyl/N-ethyl adjacent to an activating group) is 1. The number of carbonyl (C=O) groups is 1. The molecule has 0 aromatic carbocycles. The van der Waals surface area contributed by atoms with Gasteiger partial charge in [-0.15, -0.1) is 0 Å². The van der Waals surface area contributed by atoms with Gasteiger partial charge in [0.15, 0.2) is 0 Å². The number of halogens is 1. The van der Waals surface area contributed by atoms with Crippen LogP contribution < -0.4 is 0 Å². The van der Waals surface area contributed by atoms with E-state index in [1.54, 1.807) is 0 Å². The average Bonchev–Trinajstić information content (AvgIpc) is 2.75. The molecule has 2 saturated heterocycles. The Bertz CT molecular complexity index is 326. The summed E-state index contributed by atoms with van der Waals surface area (Å²) in [5, 5.41) is 0. The van der Waals surface area contributed by atoms with Crippen LogP contribution in [0.25, 0.3) is 0 Å². The summed E-state index contributed by atoms with van der Waals surface area (Å²) in [4.78, 5) is 18.9. The van der Waals surface area contributed by atoms with Crippen LogP contribution in [0.2, 0.25) is 0 Å². The van der Waals surface area contributed by atoms with Gasteiger partial charge in [0.1, 0.15) is 0 Å². The molecule has 0 bridgehead atoms. The molecular weight excluding hydrogens is 294 g/mol. The van der Waals surface area contributed by atoms with Crippen LogP contribution >= 0.6 is 15.9 Å². The Hall–Kier alpha value is -0.390. The maximum absolute atomic E-state index is 12.4. The second kappa shape index (κ2) is 6.17. The van der Waals surface area contributed by atoms with Gasteiger partial charge < -0.3 is 4.90 Å². The lowest BCUT2D eigenvalue weighted by Crippen LogP contribution is -2.53. The summed E-state index contributed by atoms with van der Waals surface area (Å²) in [5.74, 6) is 0.326. The van der Waals surface area contributed by atoms with Crippen LogP contribution in [0.4, 0.5) is 0 Å². The standard InChI is InChI=1S/C13H22BrN3O/c1-11(14)10-16-6-8-17(9-7-16)13(18)12-4-3-5-15(12)2/h12H,1,3-10H2,2H3/t12-/m1/s1. The maximum atomic E-state index is 12.4. The summed E-state index contributed by atoms with van der Waals surface area (Å²) in [5.41, 5.74) is 0. The van der Waals surface area contributed by atoms with E-state index in [1.807, 2.05) is 4.90 Å². The highest BCUT2D eigenvalue weighted by Crippen LogP contribution is 2.18. The van der Waals surface area contributed by atoms with Crippen molar-refractivity contribution < 1.29 is 4.79 Å². The lowest BCUT2D eigenvalue weighted by molar-refractivity contribution is -0.137. The van der Waals surface area contributed by atoms with Crippen LogP contribution in [0.1, 0.15) is 12.8 Å². The first-order chi connectivity index (χ1) is 8.58. The third-order valence-corrected chi connectivity index (χ3v) is 4.14. The Morgan fingerprint density at radius 2 is 1.94 bits per heavy atom. The van der Waals surface area contributed by atoms with E-state index >= 15 is 0 Å². The average molecular weight is 316 g/mol. The van der Waals surface area contributed by atoms with Crippen LogP contribution in [-0.4, -0.2) is 73.0 Å². The summed E-state index contributed by atoms with van der Waals surface area (Å²) < 4.78 is 1.01. The molecule has 2 heterocycles. The minimum absolute atomic E-state index is 0.127. The van der Waals surface area contributed by atoms with Crippen LogP contribution in [0.15, 0.2) is 11.1 Å². The van der Waals surface area contributed by atoms with Gasteiger partial charge in [0.05, 0.1) is 6.04 Å². The predicted octanol–water partition coefficient (Wildman–Crippen LogP) is 1.13. The van der Waals surface area contributed by atoms with Gasteiger partial charge in [0, 0.05) is 37.2 Å². The number of carbonyl (C=O) groups excluding carboxylic acids is 1. The lowest BCUT2D eigenvalue weighted by atomic mass is 10.1. The summed E-state index contributed by atoms with van der Waals surface area (Å²) in [6, 6.07) is 0.127. The summed E-state index contributed by atoms with van der Waals surface area (Å²) in [7, 11) is 2.06. The van der Waals surface area contributed by atoms with Crippen molar-refractivity contribution in [3.05, 3.63) is 11.1 Å².